The molecule has 0 radical (unpaired) electrons. The lowest BCUT2D eigenvalue weighted by atomic mass is 9.63. The predicted octanol–water partition coefficient (Wildman–Crippen LogP) is 17.4. The van der Waals surface area contributed by atoms with Gasteiger partial charge < -0.3 is 19.2 Å². The van der Waals surface area contributed by atoms with E-state index in [0.29, 0.717) is 0 Å². The molecule has 9 aromatic carbocycles. The minimum absolute atomic E-state index is 0.0176. The van der Waals surface area contributed by atoms with Gasteiger partial charge in [0.05, 0.1) is 11.2 Å². The first kappa shape index (κ1) is 42.3. The van der Waals surface area contributed by atoms with Gasteiger partial charge in [0.1, 0.15) is 11.2 Å². The molecule has 71 heavy (non-hydrogen) atoms. The fourth-order valence-corrected chi connectivity index (χ4v) is 13.6. The zero-order valence-corrected chi connectivity index (χ0v) is 42.3. The second-order valence-electron chi connectivity index (χ2n) is 21.4. The van der Waals surface area contributed by atoms with Crippen LogP contribution in [0, 0.1) is 0 Å². The van der Waals surface area contributed by atoms with Crippen LogP contribution in [-0.2, 0) is 10.8 Å². The number of fused-ring (bicyclic) bond motifs is 13. The van der Waals surface area contributed by atoms with E-state index in [1.54, 1.807) is 0 Å². The number of nitrogens with one attached hydrogen (secondary N) is 1. The molecule has 0 saturated heterocycles. The molecule has 14 rings (SSSR count). The van der Waals surface area contributed by atoms with Crippen molar-refractivity contribution in [2.75, 3.05) is 10.2 Å². The Balaban J connectivity index is 1.02. The standard InChI is InChI=1S/C64H50BN3OS2/c1-63(2,3)37-21-24-39(25-22-37)66-52-34-50-44-27-26-42(67(40-15-9-7-10-16-40)41-17-11-8-12-18-41)32-57(44)70-58(50)35-47(52)45-28-29-46-48-33-49-43-19-13-14-20-54(43)69-55(49)36-53(48)68-60(46)59(45)65-62-61(68)51-31-38(64(4,5)6)23-30-56(51)71-62/h7-36,65-66H,1-6H3. The van der Waals surface area contributed by atoms with Crippen molar-refractivity contribution in [2.45, 2.75) is 52.4 Å². The van der Waals surface area contributed by atoms with Crippen molar-refractivity contribution in [3.8, 4) is 16.8 Å². The summed E-state index contributed by atoms with van der Waals surface area (Å²) in [6, 6.07) is 67.4. The Hall–Kier alpha value is -7.58. The van der Waals surface area contributed by atoms with Crippen LogP contribution in [0.5, 0.6) is 0 Å². The molecule has 0 aliphatic carbocycles. The Bertz CT molecular complexity index is 4260. The lowest BCUT2D eigenvalue weighted by Crippen LogP contribution is -2.35. The summed E-state index contributed by atoms with van der Waals surface area (Å²) in [6.45, 7) is 13.8. The Morgan fingerprint density at radius 1 is 0.479 bits per heavy atom. The number of aromatic nitrogens is 1. The van der Waals surface area contributed by atoms with Crippen LogP contribution in [-0.4, -0.2) is 11.8 Å². The summed E-state index contributed by atoms with van der Waals surface area (Å²) in [4.78, 5) is 2.36. The molecule has 1 aliphatic rings. The summed E-state index contributed by atoms with van der Waals surface area (Å²) in [5, 5.41) is 12.7. The monoisotopic (exact) mass is 951 g/mol. The van der Waals surface area contributed by atoms with Gasteiger partial charge in [-0.25, -0.2) is 0 Å². The molecule has 13 aromatic rings. The van der Waals surface area contributed by atoms with E-state index >= 15 is 0 Å². The van der Waals surface area contributed by atoms with Crippen molar-refractivity contribution in [1.82, 2.24) is 4.57 Å². The molecule has 1 aliphatic heterocycles. The van der Waals surface area contributed by atoms with Gasteiger partial charge in [-0.2, -0.15) is 0 Å². The summed E-state index contributed by atoms with van der Waals surface area (Å²) in [5.41, 5.74) is 17.7. The fourth-order valence-electron chi connectivity index (χ4n) is 11.3. The molecular formula is C64H50BN3OS2. The zero-order valence-electron chi connectivity index (χ0n) is 40.6. The van der Waals surface area contributed by atoms with Crippen molar-refractivity contribution < 1.29 is 4.42 Å². The van der Waals surface area contributed by atoms with Gasteiger partial charge in [0.2, 0.25) is 7.28 Å². The van der Waals surface area contributed by atoms with Crippen molar-refractivity contribution in [1.29, 1.82) is 0 Å². The summed E-state index contributed by atoms with van der Waals surface area (Å²) in [6.07, 6.45) is 0. The van der Waals surface area contributed by atoms with Gasteiger partial charge in [0, 0.05) is 97.4 Å². The molecule has 0 bridgehead atoms. The Kier molecular flexibility index (Phi) is 9.21. The normalized spacial score (nSPS) is 12.8. The number of hydrogen-bond donors (Lipinski definition) is 1. The smallest absolute Gasteiger partial charge is 0.211 e. The molecule has 0 atom stereocenters. The first-order valence-electron chi connectivity index (χ1n) is 24.7. The van der Waals surface area contributed by atoms with Crippen LogP contribution < -0.4 is 20.5 Å². The number of furan rings is 1. The maximum atomic E-state index is 6.63. The quantitative estimate of drug-likeness (QED) is 0.169. The molecule has 0 spiro atoms. The fraction of sp³-hybridized carbons (Fsp3) is 0.125. The van der Waals surface area contributed by atoms with E-state index in [2.05, 4.69) is 238 Å². The highest BCUT2D eigenvalue weighted by Crippen LogP contribution is 2.47. The number of rotatable bonds is 6. The maximum absolute atomic E-state index is 6.63. The van der Waals surface area contributed by atoms with E-state index in [1.807, 2.05) is 22.7 Å². The molecule has 7 heteroatoms. The van der Waals surface area contributed by atoms with Gasteiger partial charge in [0.25, 0.3) is 0 Å². The topological polar surface area (TPSA) is 33.3 Å². The van der Waals surface area contributed by atoms with E-state index in [1.165, 1.54) is 90.2 Å². The Labute approximate surface area is 421 Å². The molecule has 0 unspecified atom stereocenters. The van der Waals surface area contributed by atoms with Gasteiger partial charge in [-0.1, -0.05) is 133 Å². The van der Waals surface area contributed by atoms with E-state index in [-0.39, 0.29) is 10.8 Å². The minimum atomic E-state index is 0.0176. The highest BCUT2D eigenvalue weighted by Gasteiger charge is 2.31. The predicted molar refractivity (Wildman–Crippen MR) is 310 cm³/mol. The van der Waals surface area contributed by atoms with Crippen LogP contribution in [0.4, 0.5) is 28.4 Å². The lowest BCUT2D eigenvalue weighted by molar-refractivity contribution is 0.590. The molecule has 0 amide bonds. The number of benzene rings is 9. The summed E-state index contributed by atoms with van der Waals surface area (Å²) < 4.78 is 14.5. The van der Waals surface area contributed by atoms with Gasteiger partial charge in [0.15, 0.2) is 0 Å². The number of para-hydroxylation sites is 3. The van der Waals surface area contributed by atoms with E-state index in [9.17, 15) is 0 Å². The van der Waals surface area contributed by atoms with Crippen LogP contribution >= 0.6 is 22.7 Å². The van der Waals surface area contributed by atoms with E-state index in [0.717, 1.165) is 57.7 Å². The number of hydrogen-bond acceptors (Lipinski definition) is 5. The highest BCUT2D eigenvalue weighted by atomic mass is 32.1. The van der Waals surface area contributed by atoms with Gasteiger partial charge in [-0.3, -0.25) is 0 Å². The molecule has 0 saturated carbocycles. The molecule has 5 heterocycles. The van der Waals surface area contributed by atoms with E-state index in [4.69, 9.17) is 4.42 Å². The third-order valence-corrected chi connectivity index (χ3v) is 17.2. The van der Waals surface area contributed by atoms with Gasteiger partial charge in [-0.05, 0) is 123 Å². The molecule has 342 valence electrons. The van der Waals surface area contributed by atoms with Crippen molar-refractivity contribution >= 4 is 143 Å². The first-order chi connectivity index (χ1) is 34.4. The second kappa shape index (κ2) is 15.5. The number of nitrogens with zero attached hydrogens (tertiary/aromatic N) is 2. The van der Waals surface area contributed by atoms with Crippen molar-refractivity contribution in [2.24, 2.45) is 0 Å². The van der Waals surface area contributed by atoms with Crippen molar-refractivity contribution in [3.63, 3.8) is 0 Å². The third-order valence-electron chi connectivity index (χ3n) is 14.9. The summed E-state index contributed by atoms with van der Waals surface area (Å²) in [7, 11) is 0.837. The largest absolute Gasteiger partial charge is 0.456 e. The number of thiophene rings is 2. The minimum Gasteiger partial charge on any atom is -0.456 e. The first-order valence-corrected chi connectivity index (χ1v) is 26.3. The van der Waals surface area contributed by atoms with Crippen LogP contribution in [0.25, 0.3) is 90.8 Å². The van der Waals surface area contributed by atoms with Crippen LogP contribution in [0.1, 0.15) is 52.7 Å². The van der Waals surface area contributed by atoms with Gasteiger partial charge >= 0.3 is 0 Å². The summed E-state index contributed by atoms with van der Waals surface area (Å²) >= 11 is 3.82. The summed E-state index contributed by atoms with van der Waals surface area (Å²) in [5.74, 6) is 0. The SMILES string of the molecule is CC(C)(C)c1ccc(Nc2cc3c(cc2-c2ccc4c5cc6c(cc5n5c4c2Bc2sc4ccc(C(C)(C)C)cc4c2-5)oc2ccccc26)sc2cc(N(c4ccccc4)c4ccccc4)ccc23)cc1. The highest BCUT2D eigenvalue weighted by molar-refractivity contribution is 7.29. The van der Waals surface area contributed by atoms with E-state index < -0.39 is 0 Å². The molecule has 0 fully saturated rings. The zero-order chi connectivity index (χ0) is 47.9. The van der Waals surface area contributed by atoms with Crippen LogP contribution in [0.3, 0.4) is 0 Å². The molecule has 1 N–H and O–H groups in total. The van der Waals surface area contributed by atoms with Crippen molar-refractivity contribution in [3.05, 3.63) is 193 Å². The maximum Gasteiger partial charge on any atom is 0.211 e. The molecule has 4 nitrogen and oxygen atoms in total. The van der Waals surface area contributed by atoms with Crippen LogP contribution in [0.15, 0.2) is 186 Å². The number of anilines is 5. The van der Waals surface area contributed by atoms with Gasteiger partial charge in [-0.15, -0.1) is 22.7 Å². The lowest BCUT2D eigenvalue weighted by Gasteiger charge is -2.25. The average Bonchev–Trinajstić information content (AvgIpc) is 4.12. The average molecular weight is 952 g/mol. The second-order valence-corrected chi connectivity index (χ2v) is 23.7. The van der Waals surface area contributed by atoms with Crippen LogP contribution in [0.2, 0.25) is 0 Å². The third kappa shape index (κ3) is 6.70. The molecular weight excluding hydrogens is 902 g/mol. The Morgan fingerprint density at radius 2 is 1.17 bits per heavy atom. The Morgan fingerprint density at radius 3 is 1.92 bits per heavy atom. The molecule has 4 aromatic heterocycles.